The number of ether oxygens (including phenoxy) is 1. The Morgan fingerprint density at radius 2 is 2.20 bits per heavy atom. The van der Waals surface area contributed by atoms with Gasteiger partial charge in [0.05, 0.1) is 13.2 Å². The Morgan fingerprint density at radius 3 is 2.96 bits per heavy atom. The van der Waals surface area contributed by atoms with Crippen molar-refractivity contribution in [3.8, 4) is 0 Å². The highest BCUT2D eigenvalue weighted by molar-refractivity contribution is 9.10. The molecule has 0 bridgehead atoms. The Bertz CT molecular complexity index is 555. The molecule has 2 aliphatic rings. The van der Waals surface area contributed by atoms with Crippen molar-refractivity contribution in [3.63, 3.8) is 0 Å². The fourth-order valence-electron chi connectivity index (χ4n) is 3.75. The zero-order valence-electron chi connectivity index (χ0n) is 14.3. The maximum Gasteiger partial charge on any atom is 0.251 e. The predicted molar refractivity (Wildman–Crippen MR) is 105 cm³/mol. The molecule has 1 amide bonds. The molecule has 1 saturated heterocycles. The van der Waals surface area contributed by atoms with Crippen molar-refractivity contribution in [2.75, 3.05) is 32.8 Å². The highest BCUT2D eigenvalue weighted by atomic mass is 79.9. The number of morpholine rings is 1. The quantitative estimate of drug-likeness (QED) is 0.604. The highest BCUT2D eigenvalue weighted by Crippen LogP contribution is 2.29. The molecule has 3 atom stereocenters. The summed E-state index contributed by atoms with van der Waals surface area (Å²) in [5, 5.41) is 10.2. The average Bonchev–Trinajstić information content (AvgIpc) is 3.08. The lowest BCUT2D eigenvalue weighted by atomic mass is 9.94. The molecule has 25 heavy (non-hydrogen) atoms. The fraction of sp³-hybridized carbons (Fsp3) is 0.611. The second-order valence-corrected chi connectivity index (χ2v) is 7.47. The molecule has 3 N–H and O–H groups in total. The summed E-state index contributed by atoms with van der Waals surface area (Å²) in [6.45, 7) is 4.04. The van der Waals surface area contributed by atoms with Gasteiger partial charge in [-0.3, -0.25) is 4.79 Å². The van der Waals surface area contributed by atoms with Crippen molar-refractivity contribution in [2.45, 2.75) is 31.3 Å². The van der Waals surface area contributed by atoms with Gasteiger partial charge in [0.1, 0.15) is 0 Å². The molecular formula is C18H27BrClN3O2. The summed E-state index contributed by atoms with van der Waals surface area (Å²) in [7, 11) is 0. The summed E-state index contributed by atoms with van der Waals surface area (Å²) in [6.07, 6.45) is 3.73. The van der Waals surface area contributed by atoms with Gasteiger partial charge >= 0.3 is 0 Å². The molecule has 1 aliphatic carbocycles. The smallest absolute Gasteiger partial charge is 0.251 e. The number of carbonyl (C=O) groups excluding carboxylic acids is 1. The van der Waals surface area contributed by atoms with E-state index >= 15 is 0 Å². The summed E-state index contributed by atoms with van der Waals surface area (Å²) in [5.74, 6) is 0.606. The van der Waals surface area contributed by atoms with Gasteiger partial charge in [-0.25, -0.2) is 0 Å². The van der Waals surface area contributed by atoms with E-state index in [4.69, 9.17) is 4.74 Å². The fourth-order valence-corrected chi connectivity index (χ4v) is 4.15. The predicted octanol–water partition coefficient (Wildman–Crippen LogP) is 2.35. The Hall–Kier alpha value is -0.660. The number of amides is 1. The minimum Gasteiger partial charge on any atom is -0.379 e. The largest absolute Gasteiger partial charge is 0.379 e. The van der Waals surface area contributed by atoms with E-state index in [2.05, 4.69) is 31.9 Å². The number of halogens is 2. The van der Waals surface area contributed by atoms with Crippen molar-refractivity contribution in [1.29, 1.82) is 0 Å². The van der Waals surface area contributed by atoms with Crippen LogP contribution in [0.5, 0.6) is 0 Å². The van der Waals surface area contributed by atoms with Crippen LogP contribution < -0.4 is 16.0 Å². The number of carbonyl (C=O) groups is 1. The van der Waals surface area contributed by atoms with Crippen LogP contribution in [-0.4, -0.2) is 50.8 Å². The van der Waals surface area contributed by atoms with E-state index in [1.54, 1.807) is 0 Å². The first-order valence-corrected chi connectivity index (χ1v) is 9.61. The van der Waals surface area contributed by atoms with Crippen LogP contribution in [-0.2, 0) is 4.74 Å². The SMILES string of the molecule is Cl.O=C(NCCNC1CCCC1C1COCCN1)c1cccc(Br)c1. The lowest BCUT2D eigenvalue weighted by molar-refractivity contribution is 0.0526. The summed E-state index contributed by atoms with van der Waals surface area (Å²) in [6, 6.07) is 8.45. The Labute approximate surface area is 164 Å². The zero-order valence-corrected chi connectivity index (χ0v) is 16.7. The van der Waals surface area contributed by atoms with E-state index in [1.807, 2.05) is 24.3 Å². The molecule has 5 nitrogen and oxygen atoms in total. The Morgan fingerprint density at radius 1 is 1.32 bits per heavy atom. The molecule has 0 aromatic heterocycles. The van der Waals surface area contributed by atoms with Crippen LogP contribution in [0.3, 0.4) is 0 Å². The van der Waals surface area contributed by atoms with Gasteiger partial charge in [-0.05, 0) is 37.0 Å². The summed E-state index contributed by atoms with van der Waals surface area (Å²) in [5.41, 5.74) is 0.687. The van der Waals surface area contributed by atoms with E-state index in [9.17, 15) is 4.79 Å². The van der Waals surface area contributed by atoms with Crippen LogP contribution in [0.2, 0.25) is 0 Å². The van der Waals surface area contributed by atoms with Gasteiger partial charge in [-0.2, -0.15) is 0 Å². The minimum atomic E-state index is -0.0246. The second-order valence-electron chi connectivity index (χ2n) is 6.56. The first-order chi connectivity index (χ1) is 11.7. The number of nitrogens with one attached hydrogen (secondary N) is 3. The molecule has 2 fully saturated rings. The molecule has 3 unspecified atom stereocenters. The maximum atomic E-state index is 12.1. The summed E-state index contributed by atoms with van der Waals surface area (Å²) < 4.78 is 6.53. The van der Waals surface area contributed by atoms with Gasteiger partial charge in [-0.15, -0.1) is 12.4 Å². The lowest BCUT2D eigenvalue weighted by Crippen LogP contribution is -2.51. The van der Waals surface area contributed by atoms with Crippen molar-refractivity contribution < 1.29 is 9.53 Å². The van der Waals surface area contributed by atoms with E-state index in [-0.39, 0.29) is 18.3 Å². The normalized spacial score (nSPS) is 26.0. The molecule has 1 aliphatic heterocycles. The van der Waals surface area contributed by atoms with Gasteiger partial charge < -0.3 is 20.7 Å². The van der Waals surface area contributed by atoms with E-state index < -0.39 is 0 Å². The van der Waals surface area contributed by atoms with Gasteiger partial charge in [0, 0.05) is 41.8 Å². The minimum absolute atomic E-state index is 0. The lowest BCUT2D eigenvalue weighted by Gasteiger charge is -2.33. The third-order valence-corrected chi connectivity index (χ3v) is 5.43. The second kappa shape index (κ2) is 10.5. The van der Waals surface area contributed by atoms with E-state index in [0.29, 0.717) is 30.1 Å². The molecule has 1 aromatic carbocycles. The summed E-state index contributed by atoms with van der Waals surface area (Å²) in [4.78, 5) is 12.1. The highest BCUT2D eigenvalue weighted by Gasteiger charge is 2.34. The van der Waals surface area contributed by atoms with Crippen molar-refractivity contribution in [1.82, 2.24) is 16.0 Å². The molecule has 3 rings (SSSR count). The maximum absolute atomic E-state index is 12.1. The van der Waals surface area contributed by atoms with Crippen molar-refractivity contribution in [2.24, 2.45) is 5.92 Å². The van der Waals surface area contributed by atoms with Gasteiger partial charge in [0.25, 0.3) is 5.91 Å². The Balaban J connectivity index is 0.00000225. The molecule has 1 heterocycles. The summed E-state index contributed by atoms with van der Waals surface area (Å²) >= 11 is 3.39. The van der Waals surface area contributed by atoms with E-state index in [0.717, 1.165) is 30.8 Å². The first-order valence-electron chi connectivity index (χ1n) is 8.82. The first kappa shape index (κ1) is 20.6. The van der Waals surface area contributed by atoms with Gasteiger partial charge in [0.15, 0.2) is 0 Å². The van der Waals surface area contributed by atoms with Crippen LogP contribution in [0.1, 0.15) is 29.6 Å². The number of rotatable bonds is 6. The monoisotopic (exact) mass is 431 g/mol. The number of hydrogen-bond acceptors (Lipinski definition) is 4. The molecule has 0 spiro atoms. The molecule has 7 heteroatoms. The van der Waals surface area contributed by atoms with Crippen molar-refractivity contribution >= 4 is 34.2 Å². The molecule has 0 radical (unpaired) electrons. The van der Waals surface area contributed by atoms with E-state index in [1.165, 1.54) is 19.3 Å². The Kier molecular flexibility index (Phi) is 8.66. The van der Waals surface area contributed by atoms with Crippen LogP contribution in [0, 0.1) is 5.92 Å². The number of benzene rings is 1. The molecule has 1 aromatic rings. The molecule has 140 valence electrons. The van der Waals surface area contributed by atoms with Crippen LogP contribution in [0.4, 0.5) is 0 Å². The van der Waals surface area contributed by atoms with Crippen LogP contribution in [0.15, 0.2) is 28.7 Å². The third kappa shape index (κ3) is 5.93. The van der Waals surface area contributed by atoms with Crippen LogP contribution >= 0.6 is 28.3 Å². The standard InChI is InChI=1S/C18H26BrN3O2.ClH/c19-14-4-1-3-13(11-14)18(23)22-8-7-20-16-6-2-5-15(16)17-12-24-10-9-21-17;/h1,3-4,11,15-17,20-21H,2,5-10,12H2,(H,22,23);1H. The van der Waals surface area contributed by atoms with Gasteiger partial charge in [0.2, 0.25) is 0 Å². The third-order valence-electron chi connectivity index (χ3n) is 4.94. The topological polar surface area (TPSA) is 62.4 Å². The molecule has 1 saturated carbocycles. The van der Waals surface area contributed by atoms with Crippen LogP contribution in [0.25, 0.3) is 0 Å². The average molecular weight is 433 g/mol. The number of hydrogen-bond donors (Lipinski definition) is 3. The van der Waals surface area contributed by atoms with Gasteiger partial charge in [-0.1, -0.05) is 28.4 Å². The molecular weight excluding hydrogens is 406 g/mol. The zero-order chi connectivity index (χ0) is 16.8. The van der Waals surface area contributed by atoms with Crippen molar-refractivity contribution in [3.05, 3.63) is 34.3 Å².